The normalized spacial score (nSPS) is 18.2. The molecule has 0 aromatic heterocycles. The number of nitrogens with one attached hydrogen (secondary N) is 2. The topological polar surface area (TPSA) is 48.9 Å². The molecule has 1 aliphatic rings. The molecule has 1 saturated heterocycles. The summed E-state index contributed by atoms with van der Waals surface area (Å²) in [5, 5.41) is 6.64. The molecule has 2 N–H and O–H groups in total. The average molecular weight is 440 g/mol. The zero-order valence-corrected chi connectivity index (χ0v) is 17.8. The maximum Gasteiger partial charge on any atom is 0.191 e. The molecule has 1 fully saturated rings. The zero-order chi connectivity index (χ0) is 16.2. The minimum Gasteiger partial charge on any atom is -0.383 e. The summed E-state index contributed by atoms with van der Waals surface area (Å²) in [5.41, 5.74) is 0. The van der Waals surface area contributed by atoms with E-state index in [1.165, 1.54) is 38.8 Å². The average Bonchev–Trinajstić information content (AvgIpc) is 2.76. The van der Waals surface area contributed by atoms with Gasteiger partial charge in [0.05, 0.1) is 13.2 Å². The van der Waals surface area contributed by atoms with E-state index >= 15 is 0 Å². The third-order valence-electron chi connectivity index (χ3n) is 4.26. The Morgan fingerprint density at radius 3 is 2.30 bits per heavy atom. The fourth-order valence-electron chi connectivity index (χ4n) is 2.97. The summed E-state index contributed by atoms with van der Waals surface area (Å²) in [4.78, 5) is 7.46. The van der Waals surface area contributed by atoms with E-state index in [0.29, 0.717) is 18.6 Å². The molecule has 1 heterocycles. The number of guanidine groups is 1. The van der Waals surface area contributed by atoms with Crippen molar-refractivity contribution in [1.82, 2.24) is 15.5 Å². The summed E-state index contributed by atoms with van der Waals surface area (Å²) in [5.74, 6) is 1.53. The molecule has 1 rings (SSSR count). The lowest BCUT2D eigenvalue weighted by atomic mass is 10.0. The predicted octanol–water partition coefficient (Wildman–Crippen LogP) is 2.71. The number of ether oxygens (including phenoxy) is 1. The quantitative estimate of drug-likeness (QED) is 0.264. The third kappa shape index (κ3) is 9.72. The van der Waals surface area contributed by atoms with Crippen molar-refractivity contribution >= 4 is 29.9 Å². The summed E-state index contributed by atoms with van der Waals surface area (Å²) < 4.78 is 5.09. The van der Waals surface area contributed by atoms with Gasteiger partial charge in [-0.25, -0.2) is 0 Å². The van der Waals surface area contributed by atoms with Crippen LogP contribution in [0.2, 0.25) is 0 Å². The molecule has 0 spiro atoms. The van der Waals surface area contributed by atoms with Crippen LogP contribution >= 0.6 is 24.0 Å². The number of methoxy groups -OCH3 is 1. The van der Waals surface area contributed by atoms with Gasteiger partial charge in [-0.05, 0) is 38.8 Å². The molecule has 23 heavy (non-hydrogen) atoms. The van der Waals surface area contributed by atoms with Gasteiger partial charge in [0.15, 0.2) is 5.96 Å². The Hall–Kier alpha value is -0.0800. The highest BCUT2D eigenvalue weighted by Crippen LogP contribution is 2.17. The highest BCUT2D eigenvalue weighted by Gasteiger charge is 2.22. The van der Waals surface area contributed by atoms with Crippen molar-refractivity contribution in [3.63, 3.8) is 0 Å². The van der Waals surface area contributed by atoms with Crippen molar-refractivity contribution in [3.05, 3.63) is 0 Å². The fourth-order valence-corrected chi connectivity index (χ4v) is 2.97. The van der Waals surface area contributed by atoms with Gasteiger partial charge in [-0.15, -0.1) is 24.0 Å². The Morgan fingerprint density at radius 1 is 1.13 bits per heavy atom. The summed E-state index contributed by atoms with van der Waals surface area (Å²) in [6.07, 6.45) is 5.43. The molecule has 0 aromatic rings. The van der Waals surface area contributed by atoms with Crippen LogP contribution in [0.15, 0.2) is 4.99 Å². The molecule has 0 saturated carbocycles. The zero-order valence-electron chi connectivity index (χ0n) is 15.4. The SMILES string of the molecule is CCNC(=NCC(C(C)C)N1CCCCCC1)NCCOC.I. The van der Waals surface area contributed by atoms with Crippen LogP contribution < -0.4 is 10.6 Å². The molecule has 0 aliphatic carbocycles. The molecule has 0 aromatic carbocycles. The molecule has 6 heteroatoms. The number of nitrogens with zero attached hydrogens (tertiary/aromatic N) is 2. The Balaban J connectivity index is 0.00000484. The van der Waals surface area contributed by atoms with E-state index in [4.69, 9.17) is 9.73 Å². The number of likely N-dealkylation sites (tertiary alicyclic amines) is 1. The number of hydrogen-bond acceptors (Lipinski definition) is 3. The van der Waals surface area contributed by atoms with Gasteiger partial charge in [0.2, 0.25) is 0 Å². The van der Waals surface area contributed by atoms with Crippen LogP contribution in [0.5, 0.6) is 0 Å². The first kappa shape index (κ1) is 22.9. The van der Waals surface area contributed by atoms with E-state index in [9.17, 15) is 0 Å². The number of halogens is 1. The van der Waals surface area contributed by atoms with Gasteiger partial charge in [0.25, 0.3) is 0 Å². The highest BCUT2D eigenvalue weighted by atomic mass is 127. The number of rotatable bonds is 8. The van der Waals surface area contributed by atoms with Crippen LogP contribution in [-0.4, -0.2) is 63.3 Å². The van der Waals surface area contributed by atoms with Gasteiger partial charge in [0.1, 0.15) is 0 Å². The minimum atomic E-state index is 0. The summed E-state index contributed by atoms with van der Waals surface area (Å²) in [7, 11) is 1.72. The van der Waals surface area contributed by atoms with Gasteiger partial charge < -0.3 is 15.4 Å². The van der Waals surface area contributed by atoms with Gasteiger partial charge in [-0.3, -0.25) is 9.89 Å². The summed E-state index contributed by atoms with van der Waals surface area (Å²) in [6, 6.07) is 0.538. The fraction of sp³-hybridized carbons (Fsp3) is 0.941. The van der Waals surface area contributed by atoms with E-state index in [1.54, 1.807) is 7.11 Å². The van der Waals surface area contributed by atoms with Crippen LogP contribution in [-0.2, 0) is 4.74 Å². The molecule has 0 amide bonds. The smallest absolute Gasteiger partial charge is 0.191 e. The number of aliphatic imine (C=N–C) groups is 1. The van der Waals surface area contributed by atoms with Crippen LogP contribution in [0.25, 0.3) is 0 Å². The lowest BCUT2D eigenvalue weighted by molar-refractivity contribution is 0.166. The second-order valence-electron chi connectivity index (χ2n) is 6.40. The highest BCUT2D eigenvalue weighted by molar-refractivity contribution is 14.0. The van der Waals surface area contributed by atoms with E-state index in [-0.39, 0.29) is 24.0 Å². The first-order chi connectivity index (χ1) is 10.7. The molecular weight excluding hydrogens is 403 g/mol. The van der Waals surface area contributed by atoms with Gasteiger partial charge in [-0.1, -0.05) is 26.7 Å². The van der Waals surface area contributed by atoms with Crippen LogP contribution in [0.1, 0.15) is 46.5 Å². The van der Waals surface area contributed by atoms with Gasteiger partial charge in [0, 0.05) is 26.2 Å². The standard InChI is InChI=1S/C17H36N4O.HI/c1-5-18-17(19-10-13-22-4)20-14-16(15(2)3)21-11-8-6-7-9-12-21;/h15-16H,5-14H2,1-4H3,(H2,18,19,20);1H. The Bertz CT molecular complexity index is 305. The largest absolute Gasteiger partial charge is 0.383 e. The minimum absolute atomic E-state index is 0. The lowest BCUT2D eigenvalue weighted by Gasteiger charge is -2.32. The predicted molar refractivity (Wildman–Crippen MR) is 110 cm³/mol. The van der Waals surface area contributed by atoms with Crippen LogP contribution in [0.4, 0.5) is 0 Å². The second-order valence-corrected chi connectivity index (χ2v) is 6.40. The molecular formula is C17H37IN4O. The first-order valence-electron chi connectivity index (χ1n) is 8.94. The Morgan fingerprint density at radius 2 is 1.78 bits per heavy atom. The lowest BCUT2D eigenvalue weighted by Crippen LogP contribution is -2.44. The molecule has 5 nitrogen and oxygen atoms in total. The molecule has 1 unspecified atom stereocenters. The first-order valence-corrected chi connectivity index (χ1v) is 8.94. The Labute approximate surface area is 160 Å². The Kier molecular flexibility index (Phi) is 14.2. The molecule has 0 bridgehead atoms. The van der Waals surface area contributed by atoms with Gasteiger partial charge in [-0.2, -0.15) is 0 Å². The van der Waals surface area contributed by atoms with Crippen molar-refractivity contribution in [2.24, 2.45) is 10.9 Å². The summed E-state index contributed by atoms with van der Waals surface area (Å²) in [6.45, 7) is 12.4. The second kappa shape index (κ2) is 14.3. The van der Waals surface area contributed by atoms with Crippen molar-refractivity contribution in [2.75, 3.05) is 46.4 Å². The van der Waals surface area contributed by atoms with Crippen molar-refractivity contribution < 1.29 is 4.74 Å². The molecule has 138 valence electrons. The molecule has 1 aliphatic heterocycles. The maximum atomic E-state index is 5.09. The molecule has 1 atom stereocenters. The van der Waals surface area contributed by atoms with Gasteiger partial charge >= 0.3 is 0 Å². The van der Waals surface area contributed by atoms with Crippen LogP contribution in [0, 0.1) is 5.92 Å². The van der Waals surface area contributed by atoms with Crippen molar-refractivity contribution in [1.29, 1.82) is 0 Å². The number of hydrogen-bond donors (Lipinski definition) is 2. The van der Waals surface area contributed by atoms with Crippen LogP contribution in [0.3, 0.4) is 0 Å². The van der Waals surface area contributed by atoms with Crippen molar-refractivity contribution in [3.8, 4) is 0 Å². The van der Waals surface area contributed by atoms with E-state index < -0.39 is 0 Å². The van der Waals surface area contributed by atoms with E-state index in [1.807, 2.05) is 0 Å². The van der Waals surface area contributed by atoms with E-state index in [2.05, 4.69) is 36.3 Å². The van der Waals surface area contributed by atoms with E-state index in [0.717, 1.165) is 25.6 Å². The third-order valence-corrected chi connectivity index (χ3v) is 4.26. The van der Waals surface area contributed by atoms with Crippen molar-refractivity contribution in [2.45, 2.75) is 52.5 Å². The summed E-state index contributed by atoms with van der Waals surface area (Å²) >= 11 is 0. The maximum absolute atomic E-state index is 5.09. The monoisotopic (exact) mass is 440 g/mol. The molecule has 0 radical (unpaired) electrons.